The molecule has 0 aromatic heterocycles. The third-order valence-corrected chi connectivity index (χ3v) is 6.07. The van der Waals surface area contributed by atoms with Crippen LogP contribution in [0.2, 0.25) is 0 Å². The normalized spacial score (nSPS) is 13.1. The Kier molecular flexibility index (Phi) is 9.92. The lowest BCUT2D eigenvalue weighted by atomic mass is 10.0. The van der Waals surface area contributed by atoms with Crippen molar-refractivity contribution in [2.45, 2.75) is 43.4 Å². The smallest absolute Gasteiger partial charge is 0.492 e. The summed E-state index contributed by atoms with van der Waals surface area (Å²) in [6, 6.07) is 8.91. The molecule has 1 aliphatic rings. The molecule has 2 aromatic carbocycles. The number of unbranched alkanes of at least 4 members (excludes halogenated alkanes) is 1. The maximum Gasteiger partial charge on any atom is 0.573 e. The van der Waals surface area contributed by atoms with E-state index in [1.54, 1.807) is 18.2 Å². The van der Waals surface area contributed by atoms with E-state index in [2.05, 4.69) is 10.1 Å². The fourth-order valence-corrected chi connectivity index (χ4v) is 4.35. The first-order chi connectivity index (χ1) is 15.5. The Morgan fingerprint density at radius 3 is 2.59 bits per heavy atom. The van der Waals surface area contributed by atoms with Gasteiger partial charge in [0.1, 0.15) is 16.4 Å². The summed E-state index contributed by atoms with van der Waals surface area (Å²) in [5.41, 5.74) is 1.39. The number of nitrogens with one attached hydrogen (secondary N) is 1. The number of sulfonamides is 1. The number of ether oxygens (including phenoxy) is 2. The highest BCUT2D eigenvalue weighted by Crippen LogP contribution is 2.34. The molecule has 1 heterocycles. The van der Waals surface area contributed by atoms with Crippen LogP contribution < -0.4 is 19.9 Å². The Balaban J connectivity index is 0.00000408. The second kappa shape index (κ2) is 12.0. The molecule has 0 unspecified atom stereocenters. The summed E-state index contributed by atoms with van der Waals surface area (Å²) < 4.78 is 70.5. The Morgan fingerprint density at radius 1 is 1.15 bits per heavy atom. The highest BCUT2D eigenvalue weighted by Gasteiger charge is 2.32. The highest BCUT2D eigenvalue weighted by molar-refractivity contribution is 8.93. The predicted octanol–water partition coefficient (Wildman–Crippen LogP) is 3.93. The second-order valence-electron chi connectivity index (χ2n) is 7.64. The largest absolute Gasteiger partial charge is 0.573 e. The molecule has 7 nitrogen and oxygen atoms in total. The number of hydrogen-bond donors (Lipinski definition) is 2. The van der Waals surface area contributed by atoms with Crippen molar-refractivity contribution in [2.75, 3.05) is 19.7 Å². The van der Waals surface area contributed by atoms with Crippen LogP contribution in [0.1, 0.15) is 40.7 Å². The lowest BCUT2D eigenvalue weighted by Gasteiger charge is -2.13. The number of halogens is 4. The van der Waals surface area contributed by atoms with Crippen LogP contribution in [0.25, 0.3) is 0 Å². The van der Waals surface area contributed by atoms with Gasteiger partial charge in [-0.1, -0.05) is 18.2 Å². The Labute approximate surface area is 206 Å². The van der Waals surface area contributed by atoms with E-state index in [-0.39, 0.29) is 51.1 Å². The number of Topliss-reactive ketones (excluding diaryl/α,β-unsaturated/α-hetero) is 1. The van der Waals surface area contributed by atoms with Gasteiger partial charge in [-0.3, -0.25) is 4.79 Å². The molecule has 1 aliphatic heterocycles. The lowest BCUT2D eigenvalue weighted by Crippen LogP contribution is -2.21. The van der Waals surface area contributed by atoms with E-state index < -0.39 is 16.4 Å². The van der Waals surface area contributed by atoms with Gasteiger partial charge in [-0.05, 0) is 61.7 Å². The van der Waals surface area contributed by atoms with Crippen LogP contribution in [0.15, 0.2) is 41.3 Å². The standard InChI is InChI=1S/C22H25F3N2O5S.BrH/c23-22(24,25)32-19-7-2-1-5-15(19)8-11-27-10-4-3-6-18(28)17-13-16-9-12-31-21(16)20(14-17)33(26,29)30;/h1-2,5,7,13-14,27H,3-4,6,8-12H2,(H2,26,29,30);1H. The van der Waals surface area contributed by atoms with Gasteiger partial charge in [0, 0.05) is 18.4 Å². The predicted molar refractivity (Wildman–Crippen MR) is 125 cm³/mol. The van der Waals surface area contributed by atoms with Crippen molar-refractivity contribution in [2.24, 2.45) is 5.14 Å². The number of benzene rings is 2. The summed E-state index contributed by atoms with van der Waals surface area (Å²) >= 11 is 0. The molecular formula is C22H26BrF3N2O5S. The van der Waals surface area contributed by atoms with Crippen LogP contribution >= 0.6 is 17.0 Å². The molecule has 3 rings (SSSR count). The summed E-state index contributed by atoms with van der Waals surface area (Å²) in [7, 11) is -4.01. The summed E-state index contributed by atoms with van der Waals surface area (Å²) in [6.07, 6.45) is -2.40. The first-order valence-electron chi connectivity index (χ1n) is 10.4. The molecule has 0 fully saturated rings. The minimum Gasteiger partial charge on any atom is -0.492 e. The molecule has 0 saturated carbocycles. The van der Waals surface area contributed by atoms with Crippen LogP contribution in [-0.4, -0.2) is 40.3 Å². The summed E-state index contributed by atoms with van der Waals surface area (Å²) in [6.45, 7) is 1.37. The van der Waals surface area contributed by atoms with Crippen LogP contribution in [-0.2, 0) is 22.9 Å². The van der Waals surface area contributed by atoms with E-state index >= 15 is 0 Å². The Bertz CT molecular complexity index is 1110. The van der Waals surface area contributed by atoms with E-state index in [4.69, 9.17) is 9.88 Å². The number of ketones is 1. The van der Waals surface area contributed by atoms with E-state index in [1.165, 1.54) is 18.2 Å². The van der Waals surface area contributed by atoms with Gasteiger partial charge < -0.3 is 14.8 Å². The van der Waals surface area contributed by atoms with Gasteiger partial charge in [-0.25, -0.2) is 13.6 Å². The van der Waals surface area contributed by atoms with Crippen molar-refractivity contribution in [1.82, 2.24) is 5.32 Å². The maximum atomic E-state index is 12.5. The average Bonchev–Trinajstić information content (AvgIpc) is 3.20. The molecule has 0 amide bonds. The zero-order valence-electron chi connectivity index (χ0n) is 18.2. The van der Waals surface area contributed by atoms with Crippen molar-refractivity contribution in [3.05, 3.63) is 53.1 Å². The molecule has 2 aromatic rings. The van der Waals surface area contributed by atoms with E-state index in [0.29, 0.717) is 56.5 Å². The summed E-state index contributed by atoms with van der Waals surface area (Å²) in [5.74, 6) is -0.177. The number of nitrogens with two attached hydrogens (primary N) is 1. The molecule has 3 N–H and O–H groups in total. The third-order valence-electron chi connectivity index (χ3n) is 5.15. The number of hydrogen-bond acceptors (Lipinski definition) is 6. The van der Waals surface area contributed by atoms with Gasteiger partial charge in [-0.15, -0.1) is 30.2 Å². The quantitative estimate of drug-likeness (QED) is 0.315. The van der Waals surface area contributed by atoms with Crippen LogP contribution in [0, 0.1) is 0 Å². The van der Waals surface area contributed by atoms with Crippen molar-refractivity contribution in [3.63, 3.8) is 0 Å². The van der Waals surface area contributed by atoms with Gasteiger partial charge in [0.2, 0.25) is 10.0 Å². The van der Waals surface area contributed by atoms with Crippen molar-refractivity contribution < 1.29 is 35.9 Å². The Morgan fingerprint density at radius 2 is 1.88 bits per heavy atom. The zero-order chi connectivity index (χ0) is 24.1. The number of rotatable bonds is 11. The van der Waals surface area contributed by atoms with Gasteiger partial charge in [0.25, 0.3) is 0 Å². The van der Waals surface area contributed by atoms with Crippen LogP contribution in [0.4, 0.5) is 13.2 Å². The molecule has 34 heavy (non-hydrogen) atoms. The minimum absolute atomic E-state index is 0. The zero-order valence-corrected chi connectivity index (χ0v) is 20.7. The first kappa shape index (κ1) is 28.1. The lowest BCUT2D eigenvalue weighted by molar-refractivity contribution is -0.274. The van der Waals surface area contributed by atoms with Crippen molar-refractivity contribution in [1.29, 1.82) is 0 Å². The van der Waals surface area contributed by atoms with Gasteiger partial charge in [0.15, 0.2) is 5.78 Å². The van der Waals surface area contributed by atoms with E-state index in [9.17, 15) is 26.4 Å². The number of carbonyl (C=O) groups is 1. The topological polar surface area (TPSA) is 108 Å². The van der Waals surface area contributed by atoms with Gasteiger partial charge in [-0.2, -0.15) is 0 Å². The van der Waals surface area contributed by atoms with Crippen molar-refractivity contribution in [3.8, 4) is 11.5 Å². The maximum absolute atomic E-state index is 12.5. The molecule has 12 heteroatoms. The molecule has 0 saturated heterocycles. The number of fused-ring (bicyclic) bond motifs is 1. The van der Waals surface area contributed by atoms with Gasteiger partial charge >= 0.3 is 6.36 Å². The van der Waals surface area contributed by atoms with Crippen molar-refractivity contribution >= 4 is 32.8 Å². The SMILES string of the molecule is Br.NS(=O)(=O)c1cc(C(=O)CCCCNCCc2ccccc2OC(F)(F)F)cc2c1OCC2. The molecule has 0 radical (unpaired) electrons. The summed E-state index contributed by atoms with van der Waals surface area (Å²) in [4.78, 5) is 12.4. The molecule has 0 atom stereocenters. The molecule has 188 valence electrons. The van der Waals surface area contributed by atoms with Crippen LogP contribution in [0.5, 0.6) is 11.5 Å². The van der Waals surface area contributed by atoms with Gasteiger partial charge in [0.05, 0.1) is 6.61 Å². The Hall–Kier alpha value is -2.15. The molecular weight excluding hydrogens is 541 g/mol. The first-order valence-corrected chi connectivity index (χ1v) is 12.0. The number of primary sulfonamides is 1. The number of para-hydroxylation sites is 1. The van der Waals surface area contributed by atoms with E-state index in [0.717, 1.165) is 0 Å². The number of carbonyl (C=O) groups excluding carboxylic acids is 1. The summed E-state index contributed by atoms with van der Waals surface area (Å²) in [5, 5.41) is 8.40. The molecule has 0 bridgehead atoms. The third kappa shape index (κ3) is 7.97. The van der Waals surface area contributed by atoms with Crippen LogP contribution in [0.3, 0.4) is 0 Å². The monoisotopic (exact) mass is 566 g/mol. The minimum atomic E-state index is -4.74. The fourth-order valence-electron chi connectivity index (χ4n) is 3.61. The second-order valence-corrected chi connectivity index (χ2v) is 9.17. The fraction of sp³-hybridized carbons (Fsp3) is 0.409. The van der Waals surface area contributed by atoms with E-state index in [1.807, 2.05) is 0 Å². The molecule has 0 spiro atoms. The highest BCUT2D eigenvalue weighted by atomic mass is 79.9. The average molecular weight is 567 g/mol. The molecule has 0 aliphatic carbocycles. The number of alkyl halides is 3.